The van der Waals surface area contributed by atoms with Crippen LogP contribution >= 0.6 is 7.82 Å². The Kier molecular flexibility index (Phi) is 26.6. The molecule has 0 aliphatic rings. The SMILES string of the molecule is O=P(O)(O)O.[CaH2].[LiH].[Mn]. The fraction of sp³-hybridized carbons (Fsp3) is 0. The first-order valence-corrected chi connectivity index (χ1v) is 2.35. The van der Waals surface area contributed by atoms with E-state index in [0.29, 0.717) is 0 Å². The Morgan fingerprint density at radius 3 is 1.12 bits per heavy atom. The van der Waals surface area contributed by atoms with Crippen LogP contribution in [-0.2, 0) is 21.6 Å². The summed E-state index contributed by atoms with van der Waals surface area (Å²) < 4.78 is 8.88. The first-order chi connectivity index (χ1) is 2.00. The van der Waals surface area contributed by atoms with Gasteiger partial charge in [0.25, 0.3) is 0 Å². The normalized spacial score (nSPS) is 7.38. The minimum atomic E-state index is -4.64. The van der Waals surface area contributed by atoms with Gasteiger partial charge in [-0.25, -0.2) is 4.57 Å². The summed E-state index contributed by atoms with van der Waals surface area (Å²) in [5.74, 6) is 0. The molecule has 0 aromatic rings. The predicted molar refractivity (Wildman–Crippen MR) is 30.0 cm³/mol. The summed E-state index contributed by atoms with van der Waals surface area (Å²) >= 11 is 0. The Bertz CT molecular complexity index is 62.2. The summed E-state index contributed by atoms with van der Waals surface area (Å²) in [5, 5.41) is 0. The minimum absolute atomic E-state index is 0. The summed E-state index contributed by atoms with van der Waals surface area (Å²) in [6.45, 7) is 0. The van der Waals surface area contributed by atoms with E-state index in [9.17, 15) is 0 Å². The Morgan fingerprint density at radius 1 is 1.12 bits per heavy atom. The van der Waals surface area contributed by atoms with Crippen LogP contribution in [0.3, 0.4) is 0 Å². The van der Waals surface area contributed by atoms with Crippen molar-refractivity contribution in [3.05, 3.63) is 0 Å². The smallest absolute Gasteiger partial charge is 0 e. The molecule has 0 spiro atoms. The van der Waals surface area contributed by atoms with Crippen LogP contribution in [0.5, 0.6) is 0 Å². The van der Waals surface area contributed by atoms with E-state index < -0.39 is 7.82 Å². The Labute approximate surface area is 99.3 Å². The minimum Gasteiger partial charge on any atom is 0 e. The first-order valence-electron chi connectivity index (χ1n) is 0.783. The molecule has 0 aromatic heterocycles. The maximum atomic E-state index is 8.88. The van der Waals surface area contributed by atoms with Crippen molar-refractivity contribution < 1.29 is 36.3 Å². The van der Waals surface area contributed by atoms with Crippen molar-refractivity contribution in [2.75, 3.05) is 0 Å². The molecule has 0 saturated carbocycles. The van der Waals surface area contributed by atoms with E-state index in [1.54, 1.807) is 0 Å². The van der Waals surface area contributed by atoms with Gasteiger partial charge in [0.2, 0.25) is 0 Å². The molecule has 0 amide bonds. The average molecular weight is 203 g/mol. The first kappa shape index (κ1) is 22.4. The van der Waals surface area contributed by atoms with Gasteiger partial charge in [-0.05, 0) is 0 Å². The molecular weight excluding hydrogens is 197 g/mol. The zero-order valence-electron chi connectivity index (χ0n) is 2.58. The molecule has 0 aliphatic heterocycles. The number of hydrogen-bond donors (Lipinski definition) is 3. The topological polar surface area (TPSA) is 77.8 Å². The third-order valence-electron chi connectivity index (χ3n) is 0. The van der Waals surface area contributed by atoms with E-state index in [0.717, 1.165) is 0 Å². The van der Waals surface area contributed by atoms with Crippen LogP contribution in [0.1, 0.15) is 0 Å². The van der Waals surface area contributed by atoms with Crippen molar-refractivity contribution in [1.82, 2.24) is 0 Å². The summed E-state index contributed by atoms with van der Waals surface area (Å²) in [6.07, 6.45) is 0. The molecule has 8 heteroatoms. The van der Waals surface area contributed by atoms with Crippen LogP contribution in [0.25, 0.3) is 0 Å². The molecule has 3 N–H and O–H groups in total. The van der Waals surface area contributed by atoms with Gasteiger partial charge in [0, 0.05) is 17.1 Å². The Balaban J connectivity index is -0.0000000267. The second-order valence-electron chi connectivity index (χ2n) is 0.513. The zero-order valence-corrected chi connectivity index (χ0v) is 4.65. The molecule has 0 atom stereocenters. The quantitative estimate of drug-likeness (QED) is 0.300. The zero-order chi connectivity index (χ0) is 4.50. The van der Waals surface area contributed by atoms with Crippen molar-refractivity contribution in [1.29, 1.82) is 0 Å². The predicted octanol–water partition coefficient (Wildman–Crippen LogP) is -2.50. The molecule has 0 bridgehead atoms. The van der Waals surface area contributed by atoms with E-state index in [2.05, 4.69) is 0 Å². The third-order valence-corrected chi connectivity index (χ3v) is 0. The van der Waals surface area contributed by atoms with E-state index in [-0.39, 0.29) is 73.7 Å². The van der Waals surface area contributed by atoms with Crippen LogP contribution in [0.2, 0.25) is 0 Å². The van der Waals surface area contributed by atoms with Gasteiger partial charge in [-0.15, -0.1) is 0 Å². The maximum Gasteiger partial charge on any atom is 0 e. The molecule has 8 heavy (non-hydrogen) atoms. The molecular formula is H6CaLiMnO4P. The van der Waals surface area contributed by atoms with Crippen LogP contribution < -0.4 is 0 Å². The maximum absolute atomic E-state index is 8.88. The van der Waals surface area contributed by atoms with Crippen LogP contribution in [0.15, 0.2) is 0 Å². The molecule has 4 nitrogen and oxygen atoms in total. The molecule has 0 rings (SSSR count). The average Bonchev–Trinajstić information content (AvgIpc) is 0.722. The number of hydrogen-bond acceptors (Lipinski definition) is 1. The molecule has 0 heterocycles. The standard InChI is InChI=1S/Ca.Li.Mn.H3O4P.3H/c;;;1-5(2,3)4;;;/h;;;(H3,1,2,3,4);;;. The Hall–Kier alpha value is 2.49. The summed E-state index contributed by atoms with van der Waals surface area (Å²) in [5.41, 5.74) is 0. The van der Waals surface area contributed by atoms with Crippen molar-refractivity contribution in [3.63, 3.8) is 0 Å². The monoisotopic (exact) mass is 203 g/mol. The fourth-order valence-electron chi connectivity index (χ4n) is 0. The molecule has 0 aliphatic carbocycles. The molecule has 0 saturated heterocycles. The molecule has 0 unspecified atom stereocenters. The molecule has 0 fully saturated rings. The van der Waals surface area contributed by atoms with Crippen molar-refractivity contribution in [3.8, 4) is 0 Å². The van der Waals surface area contributed by atoms with Gasteiger partial charge >= 0.3 is 64.4 Å². The van der Waals surface area contributed by atoms with Gasteiger partial charge in [0.05, 0.1) is 0 Å². The Morgan fingerprint density at radius 2 is 1.12 bits per heavy atom. The van der Waals surface area contributed by atoms with Crippen molar-refractivity contribution in [2.45, 2.75) is 0 Å². The van der Waals surface area contributed by atoms with E-state index in [1.165, 1.54) is 0 Å². The molecule has 0 aromatic carbocycles. The fourth-order valence-corrected chi connectivity index (χ4v) is 0. The summed E-state index contributed by atoms with van der Waals surface area (Å²) in [7, 11) is -4.64. The van der Waals surface area contributed by atoms with Gasteiger partial charge in [-0.2, -0.15) is 0 Å². The second kappa shape index (κ2) is 9.49. The van der Waals surface area contributed by atoms with Gasteiger partial charge in [-0.1, -0.05) is 0 Å². The van der Waals surface area contributed by atoms with Gasteiger partial charge in [0.15, 0.2) is 0 Å². The number of phosphoric acid groups is 1. The third kappa shape index (κ3) is 76.9. The van der Waals surface area contributed by atoms with E-state index >= 15 is 0 Å². The van der Waals surface area contributed by atoms with Crippen LogP contribution in [0.4, 0.5) is 0 Å². The number of rotatable bonds is 0. The van der Waals surface area contributed by atoms with Crippen molar-refractivity contribution in [2.24, 2.45) is 0 Å². The molecule has 45 valence electrons. The molecule has 1 radical (unpaired) electrons. The van der Waals surface area contributed by atoms with Gasteiger partial charge < -0.3 is 14.7 Å². The van der Waals surface area contributed by atoms with Crippen LogP contribution in [0, 0.1) is 0 Å². The van der Waals surface area contributed by atoms with Crippen LogP contribution in [-0.4, -0.2) is 71.3 Å². The largest absolute Gasteiger partial charge is 0 e. The van der Waals surface area contributed by atoms with Gasteiger partial charge in [0.1, 0.15) is 0 Å². The summed E-state index contributed by atoms with van der Waals surface area (Å²) in [6, 6.07) is 0. The van der Waals surface area contributed by atoms with E-state index in [4.69, 9.17) is 19.2 Å². The van der Waals surface area contributed by atoms with Gasteiger partial charge in [-0.3, -0.25) is 0 Å². The van der Waals surface area contributed by atoms with E-state index in [1.807, 2.05) is 0 Å². The van der Waals surface area contributed by atoms with Crippen molar-refractivity contribution >= 4 is 64.4 Å². The summed E-state index contributed by atoms with van der Waals surface area (Å²) in [4.78, 5) is 21.6. The second-order valence-corrected chi connectivity index (χ2v) is 1.54.